The summed E-state index contributed by atoms with van der Waals surface area (Å²) in [7, 11) is 0. The molecule has 0 spiro atoms. The molecule has 2 rings (SSSR count). The molecule has 0 aliphatic heterocycles. The van der Waals surface area contributed by atoms with Crippen LogP contribution in [0.4, 0.5) is 13.2 Å². The molecule has 2 N–H and O–H groups in total. The number of hydrogen-bond acceptors (Lipinski definition) is 4. The predicted molar refractivity (Wildman–Crippen MR) is 82.2 cm³/mol. The fourth-order valence-corrected chi connectivity index (χ4v) is 1.88. The molecule has 0 heterocycles. The van der Waals surface area contributed by atoms with Crippen molar-refractivity contribution in [1.29, 1.82) is 0 Å². The zero-order valence-electron chi connectivity index (χ0n) is 13.1. The van der Waals surface area contributed by atoms with E-state index < -0.39 is 36.2 Å². The van der Waals surface area contributed by atoms with Crippen LogP contribution in [0.5, 0.6) is 17.2 Å². The van der Waals surface area contributed by atoms with Crippen LogP contribution in [0.25, 0.3) is 0 Å². The van der Waals surface area contributed by atoms with Gasteiger partial charge >= 0.3 is 18.1 Å². The summed E-state index contributed by atoms with van der Waals surface area (Å²) in [5, 5.41) is 17.5. The van der Waals surface area contributed by atoms with Crippen molar-refractivity contribution in [2.45, 2.75) is 6.18 Å². The Labute approximate surface area is 145 Å². The van der Waals surface area contributed by atoms with Crippen LogP contribution in [0, 0.1) is 5.92 Å². The van der Waals surface area contributed by atoms with E-state index in [4.69, 9.17) is 19.7 Å². The minimum absolute atomic E-state index is 0.198. The van der Waals surface area contributed by atoms with E-state index in [0.29, 0.717) is 5.75 Å². The first kappa shape index (κ1) is 19.1. The number of halogens is 3. The molecule has 2 aromatic rings. The van der Waals surface area contributed by atoms with Crippen LogP contribution in [0.2, 0.25) is 0 Å². The van der Waals surface area contributed by atoms with Gasteiger partial charge < -0.3 is 19.7 Å². The number of benzene rings is 2. The lowest BCUT2D eigenvalue weighted by molar-refractivity contribution is -0.155. The maximum atomic E-state index is 12.5. The molecule has 0 amide bonds. The third-order valence-electron chi connectivity index (χ3n) is 3.25. The van der Waals surface area contributed by atoms with Gasteiger partial charge in [-0.25, -0.2) is 0 Å². The molecule has 0 unspecified atom stereocenters. The summed E-state index contributed by atoms with van der Waals surface area (Å²) in [5.74, 6) is -4.00. The highest BCUT2D eigenvalue weighted by Crippen LogP contribution is 2.31. The van der Waals surface area contributed by atoms with E-state index in [-0.39, 0.29) is 11.5 Å². The highest BCUT2D eigenvalue weighted by Gasteiger charge is 2.30. The summed E-state index contributed by atoms with van der Waals surface area (Å²) in [5.41, 5.74) is -0.792. The van der Waals surface area contributed by atoms with E-state index in [1.165, 1.54) is 36.4 Å². The van der Waals surface area contributed by atoms with Crippen molar-refractivity contribution in [3.63, 3.8) is 0 Å². The number of alkyl halides is 3. The molecule has 0 saturated carbocycles. The van der Waals surface area contributed by atoms with E-state index in [0.717, 1.165) is 12.1 Å². The highest BCUT2D eigenvalue weighted by atomic mass is 19.4. The minimum atomic E-state index is -4.43. The van der Waals surface area contributed by atoms with Gasteiger partial charge in [0.2, 0.25) is 0 Å². The van der Waals surface area contributed by atoms with Gasteiger partial charge in [-0.3, -0.25) is 9.59 Å². The molecule has 0 saturated heterocycles. The molecule has 0 aliphatic rings. The van der Waals surface area contributed by atoms with Crippen molar-refractivity contribution in [3.05, 3.63) is 54.1 Å². The Morgan fingerprint density at radius 3 is 1.69 bits per heavy atom. The molecule has 0 aliphatic carbocycles. The van der Waals surface area contributed by atoms with E-state index in [1.54, 1.807) is 0 Å². The summed E-state index contributed by atoms with van der Waals surface area (Å²) in [4.78, 5) is 21.5. The van der Waals surface area contributed by atoms with E-state index >= 15 is 0 Å². The zero-order valence-corrected chi connectivity index (χ0v) is 13.1. The maximum absolute atomic E-state index is 12.5. The molecular weight excluding hydrogens is 357 g/mol. The largest absolute Gasteiger partial charge is 0.492 e. The van der Waals surface area contributed by atoms with Gasteiger partial charge in [0.1, 0.15) is 23.9 Å². The van der Waals surface area contributed by atoms with E-state index in [1.807, 2.05) is 0 Å². The first-order chi connectivity index (χ1) is 12.2. The molecule has 0 atom stereocenters. The second-order valence-corrected chi connectivity index (χ2v) is 5.14. The molecule has 6 nitrogen and oxygen atoms in total. The number of rotatable bonds is 7. The summed E-state index contributed by atoms with van der Waals surface area (Å²) >= 11 is 0. The Hall–Kier alpha value is -3.23. The summed E-state index contributed by atoms with van der Waals surface area (Å²) in [6, 6.07) is 9.87. The Morgan fingerprint density at radius 2 is 1.27 bits per heavy atom. The van der Waals surface area contributed by atoms with Crippen LogP contribution in [0.3, 0.4) is 0 Å². The van der Waals surface area contributed by atoms with Gasteiger partial charge in [0.05, 0.1) is 5.56 Å². The molecule has 0 fully saturated rings. The van der Waals surface area contributed by atoms with Gasteiger partial charge in [0.25, 0.3) is 0 Å². The third kappa shape index (κ3) is 5.13. The normalized spacial score (nSPS) is 11.2. The lowest BCUT2D eigenvalue weighted by atomic mass is 10.2. The van der Waals surface area contributed by atoms with Crippen LogP contribution < -0.4 is 9.47 Å². The van der Waals surface area contributed by atoms with E-state index in [2.05, 4.69) is 0 Å². The molecule has 2 aromatic carbocycles. The molecule has 138 valence electrons. The monoisotopic (exact) mass is 370 g/mol. The van der Waals surface area contributed by atoms with Crippen molar-refractivity contribution in [1.82, 2.24) is 0 Å². The standard InChI is InChI=1S/C17H13F3O6/c18-17(19,20)10-1-3-12(4-2-10)26-13-7-5-11(6-8-13)25-9-14(15(21)22)16(23)24/h1-8,14H,9H2,(H,21,22)(H,23,24). The number of carbonyl (C=O) groups is 2. The molecule has 0 aromatic heterocycles. The summed E-state index contributed by atoms with van der Waals surface area (Å²) in [6.45, 7) is -0.552. The predicted octanol–water partition coefficient (Wildman–Crippen LogP) is 3.66. The second-order valence-electron chi connectivity index (χ2n) is 5.14. The lowest BCUT2D eigenvalue weighted by Gasteiger charge is -2.11. The van der Waals surface area contributed by atoms with Crippen molar-refractivity contribution < 1.29 is 42.4 Å². The van der Waals surface area contributed by atoms with Crippen molar-refractivity contribution in [2.75, 3.05) is 6.61 Å². The summed E-state index contributed by atoms with van der Waals surface area (Å²) < 4.78 is 48.0. The fourth-order valence-electron chi connectivity index (χ4n) is 1.88. The van der Waals surface area contributed by atoms with Crippen LogP contribution in [-0.4, -0.2) is 28.8 Å². The quantitative estimate of drug-likeness (QED) is 0.723. The molecule has 26 heavy (non-hydrogen) atoms. The fraction of sp³-hybridized carbons (Fsp3) is 0.176. The Kier molecular flexibility index (Phi) is 5.71. The smallest absolute Gasteiger partial charge is 0.416 e. The third-order valence-corrected chi connectivity index (χ3v) is 3.25. The number of ether oxygens (including phenoxy) is 2. The van der Waals surface area contributed by atoms with Gasteiger partial charge in [-0.05, 0) is 48.5 Å². The van der Waals surface area contributed by atoms with Crippen LogP contribution in [0.15, 0.2) is 48.5 Å². The topological polar surface area (TPSA) is 93.1 Å². The van der Waals surface area contributed by atoms with E-state index in [9.17, 15) is 22.8 Å². The van der Waals surface area contributed by atoms with Gasteiger partial charge in [-0.15, -0.1) is 0 Å². The minimum Gasteiger partial charge on any atom is -0.492 e. The number of carboxylic acids is 2. The Morgan fingerprint density at radius 1 is 0.846 bits per heavy atom. The van der Waals surface area contributed by atoms with Gasteiger partial charge in [0, 0.05) is 0 Å². The van der Waals surface area contributed by atoms with Crippen LogP contribution in [-0.2, 0) is 15.8 Å². The number of carboxylic acid groups (broad SMARTS) is 2. The van der Waals surface area contributed by atoms with Crippen molar-refractivity contribution in [2.24, 2.45) is 5.92 Å². The number of hydrogen-bond donors (Lipinski definition) is 2. The van der Waals surface area contributed by atoms with Crippen molar-refractivity contribution >= 4 is 11.9 Å². The second kappa shape index (κ2) is 7.77. The maximum Gasteiger partial charge on any atom is 0.416 e. The molecule has 9 heteroatoms. The van der Waals surface area contributed by atoms with Gasteiger partial charge in [-0.1, -0.05) is 0 Å². The van der Waals surface area contributed by atoms with Gasteiger partial charge in [-0.2, -0.15) is 13.2 Å². The average molecular weight is 370 g/mol. The first-order valence-corrected chi connectivity index (χ1v) is 7.20. The number of aliphatic carboxylic acids is 2. The molecule has 0 radical (unpaired) electrons. The van der Waals surface area contributed by atoms with Crippen LogP contribution >= 0.6 is 0 Å². The lowest BCUT2D eigenvalue weighted by Crippen LogP contribution is -2.29. The Bertz CT molecular complexity index is 755. The highest BCUT2D eigenvalue weighted by molar-refractivity contribution is 5.93. The van der Waals surface area contributed by atoms with Crippen molar-refractivity contribution in [3.8, 4) is 17.2 Å². The summed E-state index contributed by atoms with van der Waals surface area (Å²) in [6.07, 6.45) is -4.43. The Balaban J connectivity index is 1.97. The zero-order chi connectivity index (χ0) is 19.3. The van der Waals surface area contributed by atoms with Gasteiger partial charge in [0.15, 0.2) is 5.92 Å². The SMILES string of the molecule is O=C(O)C(COc1ccc(Oc2ccc(C(F)(F)F)cc2)cc1)C(=O)O. The molecular formula is C17H13F3O6. The average Bonchev–Trinajstić information content (AvgIpc) is 2.55. The first-order valence-electron chi connectivity index (χ1n) is 7.20. The molecule has 0 bridgehead atoms. The van der Waals surface area contributed by atoms with Crippen LogP contribution in [0.1, 0.15) is 5.56 Å².